The average molecular weight is 447 g/mol. The number of hydrogen-bond acceptors (Lipinski definition) is 6. The second-order valence-corrected chi connectivity index (χ2v) is 7.81. The van der Waals surface area contributed by atoms with Crippen LogP contribution in [0.25, 0.3) is 0 Å². The lowest BCUT2D eigenvalue weighted by Crippen LogP contribution is -2.28. The van der Waals surface area contributed by atoms with Gasteiger partial charge in [0.1, 0.15) is 5.75 Å². The van der Waals surface area contributed by atoms with E-state index < -0.39 is 0 Å². The molecule has 1 unspecified atom stereocenters. The van der Waals surface area contributed by atoms with Crippen molar-refractivity contribution in [2.45, 2.75) is 13.0 Å². The Kier molecular flexibility index (Phi) is 6.85. The van der Waals surface area contributed by atoms with Crippen molar-refractivity contribution in [1.29, 1.82) is 0 Å². The Morgan fingerprint density at radius 3 is 2.73 bits per heavy atom. The molecule has 1 aromatic heterocycles. The Bertz CT molecular complexity index is 1130. The molecule has 1 atom stereocenters. The topological polar surface area (TPSA) is 107 Å². The largest absolute Gasteiger partial charge is 0.495 e. The summed E-state index contributed by atoms with van der Waals surface area (Å²) in [6.45, 7) is 1.31. The lowest BCUT2D eigenvalue weighted by Gasteiger charge is -2.17. The molecule has 8 nitrogen and oxygen atoms in total. The Hall–Kier alpha value is -3.91. The number of carbonyl (C=O) groups is 2. The van der Waals surface area contributed by atoms with Crippen LogP contribution in [-0.2, 0) is 16.1 Å². The van der Waals surface area contributed by atoms with Gasteiger partial charge in [0.25, 0.3) is 5.91 Å². The second-order valence-electron chi connectivity index (χ2n) is 7.81. The Morgan fingerprint density at radius 2 is 1.97 bits per heavy atom. The third kappa shape index (κ3) is 5.30. The molecule has 1 fully saturated rings. The zero-order valence-corrected chi connectivity index (χ0v) is 18.4. The molecule has 2 amide bonds. The SMILES string of the molecule is COc1cncc(COCC2CCN(c3ccc(C(=O)Nc4ccccc4N)cc3)C2=O)c1. The van der Waals surface area contributed by atoms with Crippen molar-refractivity contribution in [3.8, 4) is 5.75 Å². The minimum Gasteiger partial charge on any atom is -0.495 e. The van der Waals surface area contributed by atoms with E-state index in [2.05, 4.69) is 10.3 Å². The number of rotatable bonds is 8. The average Bonchev–Trinajstić information content (AvgIpc) is 3.21. The number of aromatic nitrogens is 1. The highest BCUT2D eigenvalue weighted by Gasteiger charge is 2.32. The fourth-order valence-corrected chi connectivity index (χ4v) is 3.72. The quantitative estimate of drug-likeness (QED) is 0.513. The van der Waals surface area contributed by atoms with Crippen LogP contribution in [0.3, 0.4) is 0 Å². The number of nitrogens with two attached hydrogens (primary N) is 1. The molecular formula is C25H26N4O4. The summed E-state index contributed by atoms with van der Waals surface area (Å²) >= 11 is 0. The molecule has 4 rings (SSSR count). The first kappa shape index (κ1) is 22.3. The van der Waals surface area contributed by atoms with Crippen LogP contribution in [0.5, 0.6) is 5.75 Å². The maximum Gasteiger partial charge on any atom is 0.255 e. The van der Waals surface area contributed by atoms with E-state index in [0.717, 1.165) is 11.3 Å². The van der Waals surface area contributed by atoms with Crippen molar-refractivity contribution in [1.82, 2.24) is 4.98 Å². The molecule has 33 heavy (non-hydrogen) atoms. The lowest BCUT2D eigenvalue weighted by atomic mass is 10.1. The number of nitrogens with one attached hydrogen (secondary N) is 1. The maximum absolute atomic E-state index is 12.9. The summed E-state index contributed by atoms with van der Waals surface area (Å²) < 4.78 is 10.9. The molecule has 0 aliphatic carbocycles. The molecule has 0 spiro atoms. The first-order chi connectivity index (χ1) is 16.0. The van der Waals surface area contributed by atoms with E-state index in [4.69, 9.17) is 15.2 Å². The highest BCUT2D eigenvalue weighted by atomic mass is 16.5. The highest BCUT2D eigenvalue weighted by molar-refractivity contribution is 6.06. The number of benzene rings is 2. The third-order valence-electron chi connectivity index (χ3n) is 5.56. The normalized spacial score (nSPS) is 15.5. The zero-order valence-electron chi connectivity index (χ0n) is 18.4. The molecule has 0 radical (unpaired) electrons. The molecule has 3 N–H and O–H groups in total. The number of hydrogen-bond donors (Lipinski definition) is 2. The van der Waals surface area contributed by atoms with Crippen LogP contribution in [0.15, 0.2) is 67.0 Å². The summed E-state index contributed by atoms with van der Waals surface area (Å²) in [6.07, 6.45) is 4.06. The smallest absolute Gasteiger partial charge is 0.255 e. The van der Waals surface area contributed by atoms with E-state index in [1.807, 2.05) is 12.1 Å². The molecule has 0 bridgehead atoms. The molecule has 1 saturated heterocycles. The first-order valence-electron chi connectivity index (χ1n) is 10.7. The van der Waals surface area contributed by atoms with Crippen LogP contribution in [-0.4, -0.2) is 37.1 Å². The third-order valence-corrected chi connectivity index (χ3v) is 5.56. The van der Waals surface area contributed by atoms with E-state index in [-0.39, 0.29) is 17.7 Å². The fraction of sp³-hybridized carbons (Fsp3) is 0.240. The van der Waals surface area contributed by atoms with Gasteiger partial charge in [0.15, 0.2) is 0 Å². The van der Waals surface area contributed by atoms with Crippen molar-refractivity contribution in [2.75, 3.05) is 36.2 Å². The summed E-state index contributed by atoms with van der Waals surface area (Å²) in [5, 5.41) is 2.80. The van der Waals surface area contributed by atoms with Crippen LogP contribution in [0, 0.1) is 5.92 Å². The van der Waals surface area contributed by atoms with Gasteiger partial charge < -0.3 is 25.4 Å². The van der Waals surface area contributed by atoms with Crippen LogP contribution >= 0.6 is 0 Å². The number of anilines is 3. The monoisotopic (exact) mass is 446 g/mol. The van der Waals surface area contributed by atoms with E-state index >= 15 is 0 Å². The van der Waals surface area contributed by atoms with Gasteiger partial charge >= 0.3 is 0 Å². The number of amides is 2. The molecule has 0 saturated carbocycles. The maximum atomic E-state index is 12.9. The Balaban J connectivity index is 1.31. The minimum atomic E-state index is -0.259. The van der Waals surface area contributed by atoms with Gasteiger partial charge in [-0.1, -0.05) is 12.1 Å². The minimum absolute atomic E-state index is 0.0213. The molecule has 170 valence electrons. The van der Waals surface area contributed by atoms with Gasteiger partial charge in [-0.25, -0.2) is 0 Å². The predicted octanol–water partition coefficient (Wildman–Crippen LogP) is 3.49. The van der Waals surface area contributed by atoms with Gasteiger partial charge in [-0.2, -0.15) is 0 Å². The molecule has 3 aromatic rings. The van der Waals surface area contributed by atoms with Gasteiger partial charge in [0.2, 0.25) is 5.91 Å². The molecule has 2 aromatic carbocycles. The van der Waals surface area contributed by atoms with Gasteiger partial charge in [-0.15, -0.1) is 0 Å². The van der Waals surface area contributed by atoms with Crippen molar-refractivity contribution < 1.29 is 19.1 Å². The molecular weight excluding hydrogens is 420 g/mol. The zero-order chi connectivity index (χ0) is 23.2. The van der Waals surface area contributed by atoms with E-state index in [1.165, 1.54) is 0 Å². The number of pyridine rings is 1. The number of carbonyl (C=O) groups excluding carboxylic acids is 2. The van der Waals surface area contributed by atoms with Gasteiger partial charge in [0, 0.05) is 24.0 Å². The number of nitrogens with zero attached hydrogens (tertiary/aromatic N) is 2. The van der Waals surface area contributed by atoms with E-state index in [1.54, 1.807) is 66.9 Å². The van der Waals surface area contributed by atoms with E-state index in [0.29, 0.717) is 48.9 Å². The van der Waals surface area contributed by atoms with Crippen molar-refractivity contribution in [3.05, 3.63) is 78.1 Å². The van der Waals surface area contributed by atoms with Gasteiger partial charge in [-0.05, 0) is 54.4 Å². The number of methoxy groups -OCH3 is 1. The fourth-order valence-electron chi connectivity index (χ4n) is 3.72. The molecule has 1 aliphatic rings. The Labute approximate surface area is 192 Å². The number of nitrogen functional groups attached to an aromatic ring is 1. The summed E-state index contributed by atoms with van der Waals surface area (Å²) in [4.78, 5) is 31.2. The van der Waals surface area contributed by atoms with Crippen LogP contribution in [0.2, 0.25) is 0 Å². The van der Waals surface area contributed by atoms with Crippen molar-refractivity contribution in [2.24, 2.45) is 5.92 Å². The molecule has 8 heteroatoms. The number of para-hydroxylation sites is 2. The van der Waals surface area contributed by atoms with Crippen LogP contribution in [0.1, 0.15) is 22.3 Å². The van der Waals surface area contributed by atoms with Crippen LogP contribution < -0.4 is 20.7 Å². The molecule has 2 heterocycles. The Morgan fingerprint density at radius 1 is 1.18 bits per heavy atom. The summed E-state index contributed by atoms with van der Waals surface area (Å²) in [7, 11) is 1.59. The highest BCUT2D eigenvalue weighted by Crippen LogP contribution is 2.26. The van der Waals surface area contributed by atoms with Crippen molar-refractivity contribution in [3.63, 3.8) is 0 Å². The van der Waals surface area contributed by atoms with Gasteiger partial charge in [-0.3, -0.25) is 14.6 Å². The second kappa shape index (κ2) is 10.1. The summed E-state index contributed by atoms with van der Waals surface area (Å²) in [6, 6.07) is 15.9. The predicted molar refractivity (Wildman–Crippen MR) is 126 cm³/mol. The number of ether oxygens (including phenoxy) is 2. The first-order valence-corrected chi connectivity index (χ1v) is 10.7. The summed E-state index contributed by atoms with van der Waals surface area (Å²) in [5.74, 6) is 0.231. The van der Waals surface area contributed by atoms with E-state index in [9.17, 15) is 9.59 Å². The lowest BCUT2D eigenvalue weighted by molar-refractivity contribution is -0.122. The standard InChI is InChI=1S/C25H26N4O4/c1-32-21-12-17(13-27-14-21)15-33-16-19-10-11-29(25(19)31)20-8-6-18(7-9-20)24(30)28-23-5-3-2-4-22(23)26/h2-9,12-14,19H,10-11,15-16,26H2,1H3,(H,28,30). The molecule has 1 aliphatic heterocycles. The summed E-state index contributed by atoms with van der Waals surface area (Å²) in [5.41, 5.74) is 9.09. The van der Waals surface area contributed by atoms with Gasteiger partial charge in [0.05, 0.1) is 43.8 Å². The van der Waals surface area contributed by atoms with Crippen LogP contribution in [0.4, 0.5) is 17.1 Å². The van der Waals surface area contributed by atoms with Crippen molar-refractivity contribution >= 4 is 28.9 Å².